The second-order valence-corrected chi connectivity index (χ2v) is 10.9. The molecule has 3 nitrogen and oxygen atoms in total. The minimum Gasteiger partial charge on any atom is -0.303 e. The highest BCUT2D eigenvalue weighted by Gasteiger charge is 2.42. The molecule has 3 aromatic rings. The van der Waals surface area contributed by atoms with Crippen LogP contribution in [0.5, 0.6) is 0 Å². The molecule has 1 fully saturated rings. The molecule has 35 heavy (non-hydrogen) atoms. The van der Waals surface area contributed by atoms with Crippen LogP contribution in [0, 0.1) is 11.3 Å². The summed E-state index contributed by atoms with van der Waals surface area (Å²) < 4.78 is 0. The monoisotopic (exact) mass is 480 g/mol. The maximum absolute atomic E-state index is 12.7. The predicted molar refractivity (Wildman–Crippen MR) is 143 cm³/mol. The van der Waals surface area contributed by atoms with Crippen molar-refractivity contribution in [1.29, 1.82) is 5.26 Å². The molecule has 0 amide bonds. The van der Waals surface area contributed by atoms with Gasteiger partial charge in [0.05, 0.1) is 11.5 Å². The van der Waals surface area contributed by atoms with Gasteiger partial charge in [0.25, 0.3) is 0 Å². The van der Waals surface area contributed by atoms with Crippen LogP contribution in [0.2, 0.25) is 0 Å². The summed E-state index contributed by atoms with van der Waals surface area (Å²) in [6.07, 6.45) is 3.46. The third-order valence-corrected chi connectivity index (χ3v) is 9.26. The fourth-order valence-electron chi connectivity index (χ4n) is 6.08. The Morgan fingerprint density at radius 2 is 1.60 bits per heavy atom. The van der Waals surface area contributed by atoms with E-state index < -0.39 is 5.41 Å². The van der Waals surface area contributed by atoms with Crippen molar-refractivity contribution in [2.45, 2.75) is 54.1 Å². The fourth-order valence-corrected chi connectivity index (χ4v) is 7.22. The van der Waals surface area contributed by atoms with E-state index in [1.165, 1.54) is 16.0 Å². The highest BCUT2D eigenvalue weighted by atomic mass is 32.2. The Balaban J connectivity index is 1.33. The first-order chi connectivity index (χ1) is 17.1. The molecule has 0 aromatic heterocycles. The Morgan fingerprint density at radius 1 is 0.943 bits per heavy atom. The van der Waals surface area contributed by atoms with Crippen molar-refractivity contribution in [3.05, 3.63) is 101 Å². The summed E-state index contributed by atoms with van der Waals surface area (Å²) in [4.78, 5) is 16.4. The van der Waals surface area contributed by atoms with Gasteiger partial charge in [-0.05, 0) is 80.6 Å². The Labute approximate surface area is 213 Å². The van der Waals surface area contributed by atoms with Crippen molar-refractivity contribution in [1.82, 2.24) is 4.90 Å². The molecular weight excluding hydrogens is 448 g/mol. The number of nitriles is 1. The van der Waals surface area contributed by atoms with Gasteiger partial charge in [0.15, 0.2) is 0 Å². The van der Waals surface area contributed by atoms with Crippen LogP contribution < -0.4 is 0 Å². The molecule has 1 unspecified atom stereocenters. The van der Waals surface area contributed by atoms with Crippen LogP contribution in [0.4, 0.5) is 0 Å². The number of Topliss-reactive ketones (excluding diaryl/α,β-unsaturated/α-hetero) is 1. The van der Waals surface area contributed by atoms with Crippen molar-refractivity contribution in [2.75, 3.05) is 19.6 Å². The molecule has 1 atom stereocenters. The van der Waals surface area contributed by atoms with Crippen LogP contribution in [0.1, 0.15) is 54.9 Å². The largest absolute Gasteiger partial charge is 0.303 e. The van der Waals surface area contributed by atoms with E-state index in [1.807, 2.05) is 30.0 Å². The third-order valence-electron chi connectivity index (χ3n) is 8.13. The van der Waals surface area contributed by atoms with Gasteiger partial charge in [0.1, 0.15) is 11.2 Å². The first-order valence-corrected chi connectivity index (χ1v) is 13.6. The van der Waals surface area contributed by atoms with Gasteiger partial charge in [-0.3, -0.25) is 4.79 Å². The van der Waals surface area contributed by atoms with E-state index in [1.54, 1.807) is 6.92 Å². The van der Waals surface area contributed by atoms with Gasteiger partial charge in [-0.2, -0.15) is 5.26 Å². The summed E-state index contributed by atoms with van der Waals surface area (Å²) in [7, 11) is 0. The van der Waals surface area contributed by atoms with Crippen LogP contribution in [0.15, 0.2) is 83.8 Å². The molecule has 178 valence electrons. The highest BCUT2D eigenvalue weighted by molar-refractivity contribution is 7.98. The maximum atomic E-state index is 12.7. The number of piperidine rings is 1. The summed E-state index contributed by atoms with van der Waals surface area (Å²) >= 11 is 1.84. The zero-order valence-electron chi connectivity index (χ0n) is 20.4. The van der Waals surface area contributed by atoms with Crippen LogP contribution in [0.25, 0.3) is 0 Å². The molecule has 2 aliphatic rings. The molecular formula is C31H32N2OS. The molecule has 5 rings (SSSR count). The summed E-state index contributed by atoms with van der Waals surface area (Å²) in [6.45, 7) is 4.52. The summed E-state index contributed by atoms with van der Waals surface area (Å²) in [5, 5.41) is 10.6. The van der Waals surface area contributed by atoms with E-state index in [9.17, 15) is 10.1 Å². The average Bonchev–Trinajstić information content (AvgIpc) is 3.05. The number of hydrogen-bond donors (Lipinski definition) is 0. The van der Waals surface area contributed by atoms with Crippen molar-refractivity contribution in [3.63, 3.8) is 0 Å². The quantitative estimate of drug-likeness (QED) is 0.404. The van der Waals surface area contributed by atoms with Gasteiger partial charge in [-0.1, -0.05) is 72.8 Å². The van der Waals surface area contributed by atoms with Gasteiger partial charge in [0.2, 0.25) is 0 Å². The number of carbonyl (C=O) groups is 1. The van der Waals surface area contributed by atoms with Crippen LogP contribution in [-0.2, 0) is 21.4 Å². The molecule has 0 aliphatic carbocycles. The number of hydrogen-bond acceptors (Lipinski definition) is 4. The fraction of sp³-hybridized carbons (Fsp3) is 0.355. The molecule has 2 aliphatic heterocycles. The SMILES string of the molecule is CC(=O)C1(c2ccccc2)CCN(CCCC2(C#N)c3ccccc3CSc3ccccc32)CC1. The predicted octanol–water partition coefficient (Wildman–Crippen LogP) is 6.50. The van der Waals surface area contributed by atoms with E-state index in [-0.39, 0.29) is 11.2 Å². The Morgan fingerprint density at radius 3 is 2.31 bits per heavy atom. The van der Waals surface area contributed by atoms with Gasteiger partial charge in [-0.15, -0.1) is 11.8 Å². The van der Waals surface area contributed by atoms with E-state index >= 15 is 0 Å². The van der Waals surface area contributed by atoms with Crippen molar-refractivity contribution < 1.29 is 4.79 Å². The highest BCUT2D eigenvalue weighted by Crippen LogP contribution is 2.47. The normalized spacial score (nSPS) is 21.3. The second-order valence-electron chi connectivity index (χ2n) is 9.91. The molecule has 2 heterocycles. The van der Waals surface area contributed by atoms with Gasteiger partial charge in [-0.25, -0.2) is 0 Å². The minimum absolute atomic E-state index is 0.274. The number of benzene rings is 3. The lowest BCUT2D eigenvalue weighted by Crippen LogP contribution is -2.46. The summed E-state index contributed by atoms with van der Waals surface area (Å²) in [6, 6.07) is 30.0. The maximum Gasteiger partial charge on any atom is 0.140 e. The first kappa shape index (κ1) is 23.9. The van der Waals surface area contributed by atoms with E-state index in [4.69, 9.17) is 0 Å². The number of ketones is 1. The lowest BCUT2D eigenvalue weighted by Gasteiger charge is -2.41. The second kappa shape index (κ2) is 10.0. The topological polar surface area (TPSA) is 44.1 Å². The molecule has 4 heteroatoms. The molecule has 0 spiro atoms. The standard InChI is InChI=1S/C31H32N2OS/c1-24(34)30(26-11-3-2-4-12-26)17-20-33(21-18-30)19-9-16-31(23-32)27-13-6-5-10-25(27)22-35-29-15-8-7-14-28(29)31/h2-8,10-15H,9,16-22H2,1H3. The molecule has 0 bridgehead atoms. The lowest BCUT2D eigenvalue weighted by atomic mass is 9.69. The summed E-state index contributed by atoms with van der Waals surface area (Å²) in [5.74, 6) is 1.17. The van der Waals surface area contributed by atoms with Crippen LogP contribution in [-0.4, -0.2) is 30.3 Å². The minimum atomic E-state index is -0.625. The van der Waals surface area contributed by atoms with Crippen molar-refractivity contribution >= 4 is 17.5 Å². The Bertz CT molecular complexity index is 1190. The number of nitrogens with zero attached hydrogens (tertiary/aromatic N) is 2. The van der Waals surface area contributed by atoms with Crippen LogP contribution in [0.3, 0.4) is 0 Å². The smallest absolute Gasteiger partial charge is 0.140 e. The number of likely N-dealkylation sites (tertiary alicyclic amines) is 1. The Hall–Kier alpha value is -2.87. The van der Waals surface area contributed by atoms with Gasteiger partial charge < -0.3 is 4.90 Å². The average molecular weight is 481 g/mol. The molecule has 0 saturated carbocycles. The number of thioether (sulfide) groups is 1. The third kappa shape index (κ3) is 4.33. The van der Waals surface area contributed by atoms with Crippen LogP contribution >= 0.6 is 11.8 Å². The van der Waals surface area contributed by atoms with Gasteiger partial charge >= 0.3 is 0 Å². The van der Waals surface area contributed by atoms with E-state index in [0.29, 0.717) is 0 Å². The number of fused-ring (bicyclic) bond motifs is 2. The lowest BCUT2D eigenvalue weighted by molar-refractivity contribution is -0.124. The number of carbonyl (C=O) groups excluding carboxylic acids is 1. The zero-order valence-corrected chi connectivity index (χ0v) is 21.2. The van der Waals surface area contributed by atoms with E-state index in [0.717, 1.165) is 62.2 Å². The molecule has 3 aromatic carbocycles. The van der Waals surface area contributed by atoms with Crippen molar-refractivity contribution in [3.8, 4) is 6.07 Å². The molecule has 0 radical (unpaired) electrons. The van der Waals surface area contributed by atoms with Gasteiger partial charge in [0, 0.05) is 10.6 Å². The Kier molecular flexibility index (Phi) is 6.82. The molecule has 0 N–H and O–H groups in total. The van der Waals surface area contributed by atoms with E-state index in [2.05, 4.69) is 71.6 Å². The first-order valence-electron chi connectivity index (χ1n) is 12.6. The summed E-state index contributed by atoms with van der Waals surface area (Å²) in [5.41, 5.74) is 3.75. The zero-order chi connectivity index (χ0) is 24.3. The number of rotatable bonds is 6. The van der Waals surface area contributed by atoms with Crippen molar-refractivity contribution in [2.24, 2.45) is 0 Å². The molecule has 1 saturated heterocycles.